The summed E-state index contributed by atoms with van der Waals surface area (Å²) < 4.78 is 37.1. The van der Waals surface area contributed by atoms with Crippen LogP contribution in [0.2, 0.25) is 0 Å². The van der Waals surface area contributed by atoms with Gasteiger partial charge in [-0.3, -0.25) is 0 Å². The SMILES string of the molecule is CC.Cc1nc(C(F)(F)F)nc2ccccc12. The molecule has 2 aromatic rings. The van der Waals surface area contributed by atoms with Crippen molar-refractivity contribution in [2.24, 2.45) is 0 Å². The molecule has 2 rings (SSSR count). The summed E-state index contributed by atoms with van der Waals surface area (Å²) in [6.07, 6.45) is -4.49. The van der Waals surface area contributed by atoms with Crippen LogP contribution in [-0.2, 0) is 6.18 Å². The van der Waals surface area contributed by atoms with Crippen LogP contribution in [0.3, 0.4) is 0 Å². The van der Waals surface area contributed by atoms with E-state index in [1.165, 1.54) is 0 Å². The monoisotopic (exact) mass is 242 g/mol. The molecule has 0 spiro atoms. The zero-order valence-electron chi connectivity index (χ0n) is 9.84. The zero-order valence-corrected chi connectivity index (χ0v) is 9.84. The second-order valence-corrected chi connectivity index (χ2v) is 3.15. The summed E-state index contributed by atoms with van der Waals surface area (Å²) in [5.74, 6) is -1.08. The van der Waals surface area contributed by atoms with Gasteiger partial charge in [-0.05, 0) is 13.0 Å². The third kappa shape index (κ3) is 2.93. The molecular weight excluding hydrogens is 229 g/mol. The van der Waals surface area contributed by atoms with E-state index in [2.05, 4.69) is 9.97 Å². The quantitative estimate of drug-likeness (QED) is 0.698. The number of nitrogens with zero attached hydrogens (tertiary/aromatic N) is 2. The van der Waals surface area contributed by atoms with Gasteiger partial charge in [-0.15, -0.1) is 0 Å². The van der Waals surface area contributed by atoms with E-state index < -0.39 is 12.0 Å². The van der Waals surface area contributed by atoms with Gasteiger partial charge in [0.1, 0.15) is 0 Å². The Hall–Kier alpha value is -1.65. The molecule has 2 nitrogen and oxygen atoms in total. The first-order valence-electron chi connectivity index (χ1n) is 5.29. The summed E-state index contributed by atoms with van der Waals surface area (Å²) in [5.41, 5.74) is 0.658. The van der Waals surface area contributed by atoms with Crippen LogP contribution in [-0.4, -0.2) is 9.97 Å². The molecule has 0 radical (unpaired) electrons. The van der Waals surface area contributed by atoms with Crippen LogP contribution in [0.5, 0.6) is 0 Å². The lowest BCUT2D eigenvalue weighted by Gasteiger charge is -2.07. The number of para-hydroxylation sites is 1. The number of fused-ring (bicyclic) bond motifs is 1. The molecule has 0 fully saturated rings. The maximum Gasteiger partial charge on any atom is 0.451 e. The Labute approximate surface area is 97.5 Å². The molecule has 0 saturated carbocycles. The van der Waals surface area contributed by atoms with Crippen molar-refractivity contribution in [3.8, 4) is 0 Å². The van der Waals surface area contributed by atoms with Crippen molar-refractivity contribution < 1.29 is 13.2 Å². The highest BCUT2D eigenvalue weighted by molar-refractivity contribution is 5.80. The summed E-state index contributed by atoms with van der Waals surface area (Å²) in [7, 11) is 0. The first kappa shape index (κ1) is 13.4. The van der Waals surface area contributed by atoms with E-state index in [1.807, 2.05) is 13.8 Å². The fourth-order valence-electron chi connectivity index (χ4n) is 1.36. The number of benzene rings is 1. The first-order valence-corrected chi connectivity index (χ1v) is 5.29. The predicted molar refractivity (Wildman–Crippen MR) is 60.6 cm³/mol. The van der Waals surface area contributed by atoms with Gasteiger partial charge in [0, 0.05) is 11.1 Å². The van der Waals surface area contributed by atoms with Gasteiger partial charge in [0.25, 0.3) is 0 Å². The summed E-state index contributed by atoms with van der Waals surface area (Å²) in [6.45, 7) is 5.54. The van der Waals surface area contributed by atoms with Gasteiger partial charge in [0.2, 0.25) is 5.82 Å². The lowest BCUT2D eigenvalue weighted by Crippen LogP contribution is -2.11. The molecule has 0 saturated heterocycles. The smallest absolute Gasteiger partial charge is 0.229 e. The highest BCUT2D eigenvalue weighted by atomic mass is 19.4. The van der Waals surface area contributed by atoms with Crippen molar-refractivity contribution in [1.29, 1.82) is 0 Å². The Morgan fingerprint density at radius 1 is 1.00 bits per heavy atom. The van der Waals surface area contributed by atoms with Gasteiger partial charge >= 0.3 is 6.18 Å². The molecule has 0 amide bonds. The van der Waals surface area contributed by atoms with Crippen molar-refractivity contribution in [2.75, 3.05) is 0 Å². The molecule has 0 aliphatic heterocycles. The second-order valence-electron chi connectivity index (χ2n) is 3.15. The lowest BCUT2D eigenvalue weighted by molar-refractivity contribution is -0.144. The molecule has 0 unspecified atom stereocenters. The largest absolute Gasteiger partial charge is 0.451 e. The van der Waals surface area contributed by atoms with Crippen LogP contribution in [0.4, 0.5) is 13.2 Å². The third-order valence-electron chi connectivity index (χ3n) is 2.05. The molecule has 17 heavy (non-hydrogen) atoms. The zero-order chi connectivity index (χ0) is 13.1. The third-order valence-corrected chi connectivity index (χ3v) is 2.05. The average Bonchev–Trinajstić information content (AvgIpc) is 2.30. The molecular formula is C12H13F3N2. The van der Waals surface area contributed by atoms with Gasteiger partial charge in [0.05, 0.1) is 5.52 Å². The van der Waals surface area contributed by atoms with Crippen LogP contribution >= 0.6 is 0 Å². The van der Waals surface area contributed by atoms with Crippen LogP contribution in [0.1, 0.15) is 25.4 Å². The Kier molecular flexibility index (Phi) is 4.04. The van der Waals surface area contributed by atoms with E-state index in [0.29, 0.717) is 16.6 Å². The molecule has 0 N–H and O–H groups in total. The minimum atomic E-state index is -4.49. The van der Waals surface area contributed by atoms with Crippen molar-refractivity contribution >= 4 is 10.9 Å². The Bertz CT molecular complexity index is 507. The number of hydrogen-bond donors (Lipinski definition) is 0. The van der Waals surface area contributed by atoms with E-state index in [4.69, 9.17) is 0 Å². The normalized spacial score (nSPS) is 10.9. The van der Waals surface area contributed by atoms with E-state index >= 15 is 0 Å². The van der Waals surface area contributed by atoms with Crippen LogP contribution < -0.4 is 0 Å². The maximum atomic E-state index is 12.4. The van der Waals surface area contributed by atoms with Gasteiger partial charge in [0.15, 0.2) is 0 Å². The van der Waals surface area contributed by atoms with Crippen molar-refractivity contribution in [3.63, 3.8) is 0 Å². The van der Waals surface area contributed by atoms with Crippen LogP contribution in [0, 0.1) is 6.92 Å². The molecule has 0 bridgehead atoms. The van der Waals surface area contributed by atoms with E-state index in [9.17, 15) is 13.2 Å². The molecule has 0 aliphatic rings. The minimum Gasteiger partial charge on any atom is -0.229 e. The summed E-state index contributed by atoms with van der Waals surface area (Å²) in [6, 6.07) is 6.63. The molecule has 0 aliphatic carbocycles. The number of alkyl halides is 3. The Morgan fingerprint density at radius 2 is 1.59 bits per heavy atom. The van der Waals surface area contributed by atoms with Crippen molar-refractivity contribution in [3.05, 3.63) is 35.8 Å². The number of rotatable bonds is 0. The van der Waals surface area contributed by atoms with Gasteiger partial charge in [-0.1, -0.05) is 32.0 Å². The fourth-order valence-corrected chi connectivity index (χ4v) is 1.36. The highest BCUT2D eigenvalue weighted by Crippen LogP contribution is 2.28. The fraction of sp³-hybridized carbons (Fsp3) is 0.333. The number of halogens is 3. The van der Waals surface area contributed by atoms with Crippen molar-refractivity contribution in [2.45, 2.75) is 26.9 Å². The lowest BCUT2D eigenvalue weighted by atomic mass is 10.2. The average molecular weight is 242 g/mol. The minimum absolute atomic E-state index is 0.317. The van der Waals surface area contributed by atoms with E-state index in [-0.39, 0.29) is 0 Å². The number of aryl methyl sites for hydroxylation is 1. The van der Waals surface area contributed by atoms with Crippen LogP contribution in [0.15, 0.2) is 24.3 Å². The maximum absolute atomic E-state index is 12.4. The standard InChI is InChI=1S/C10H7F3N2.C2H6/c1-6-7-4-2-3-5-8(7)15-9(14-6)10(11,12)13;1-2/h2-5H,1H3;1-2H3. The molecule has 0 atom stereocenters. The first-order chi connectivity index (χ1) is 7.98. The predicted octanol–water partition coefficient (Wildman–Crippen LogP) is 3.98. The second kappa shape index (κ2) is 5.12. The summed E-state index contributed by atoms with van der Waals surface area (Å²) in [5, 5.41) is 0.644. The Balaban J connectivity index is 0.000000686. The molecule has 1 aromatic heterocycles. The van der Waals surface area contributed by atoms with Gasteiger partial charge in [-0.2, -0.15) is 13.2 Å². The number of aromatic nitrogens is 2. The summed E-state index contributed by atoms with van der Waals surface area (Å²) in [4.78, 5) is 6.91. The molecule has 5 heteroatoms. The van der Waals surface area contributed by atoms with Crippen LogP contribution in [0.25, 0.3) is 10.9 Å². The summed E-state index contributed by atoms with van der Waals surface area (Å²) >= 11 is 0. The Morgan fingerprint density at radius 3 is 2.18 bits per heavy atom. The molecule has 1 aromatic carbocycles. The van der Waals surface area contributed by atoms with Crippen molar-refractivity contribution in [1.82, 2.24) is 9.97 Å². The van der Waals surface area contributed by atoms with E-state index in [0.717, 1.165) is 0 Å². The van der Waals surface area contributed by atoms with Gasteiger partial charge in [-0.25, -0.2) is 9.97 Å². The van der Waals surface area contributed by atoms with Gasteiger partial charge < -0.3 is 0 Å². The molecule has 1 heterocycles. The number of hydrogen-bond acceptors (Lipinski definition) is 2. The topological polar surface area (TPSA) is 25.8 Å². The molecule has 92 valence electrons. The van der Waals surface area contributed by atoms with E-state index in [1.54, 1.807) is 31.2 Å². The highest BCUT2D eigenvalue weighted by Gasteiger charge is 2.35.